The molecule has 1 spiro atoms. The molecule has 0 saturated heterocycles. The van der Waals surface area contributed by atoms with Gasteiger partial charge in [0, 0.05) is 45.9 Å². The monoisotopic (exact) mass is 661 g/mol. The number of alkyl halides is 3. The van der Waals surface area contributed by atoms with Crippen LogP contribution in [0.3, 0.4) is 0 Å². The Bertz CT molecular complexity index is 1680. The fourth-order valence-corrected chi connectivity index (χ4v) is 5.65. The largest absolute Gasteiger partial charge is 0.573 e. The lowest BCUT2D eigenvalue weighted by Gasteiger charge is -2.28. The van der Waals surface area contributed by atoms with Crippen molar-refractivity contribution in [2.75, 3.05) is 37.6 Å². The Kier molecular flexibility index (Phi) is 9.24. The molecule has 5 rings (SSSR count). The number of aliphatic carboxylic acids is 1. The first-order chi connectivity index (χ1) is 21.8. The van der Waals surface area contributed by atoms with Crippen molar-refractivity contribution in [2.45, 2.75) is 44.0 Å². The van der Waals surface area contributed by atoms with E-state index >= 15 is 0 Å². The number of nitrogens with zero attached hydrogens (tertiary/aromatic N) is 2. The van der Waals surface area contributed by atoms with E-state index in [9.17, 15) is 22.8 Å². The number of carboxylic acid groups (broad SMARTS) is 1. The lowest BCUT2D eigenvalue weighted by atomic mass is 9.99. The Morgan fingerprint density at radius 2 is 1.83 bits per heavy atom. The molecule has 0 radical (unpaired) electrons. The van der Waals surface area contributed by atoms with Crippen LogP contribution in [0.4, 0.5) is 24.5 Å². The molecule has 2 N–H and O–H groups in total. The molecule has 10 nitrogen and oxygen atoms in total. The predicted octanol–water partition coefficient (Wildman–Crippen LogP) is 6.70. The number of hydrogen-bond donors (Lipinski definition) is 2. The number of anilines is 2. The van der Waals surface area contributed by atoms with Crippen molar-refractivity contribution in [2.24, 2.45) is 5.16 Å². The lowest BCUT2D eigenvalue weighted by Crippen LogP contribution is -2.38. The van der Waals surface area contributed by atoms with Crippen LogP contribution in [0.15, 0.2) is 59.8 Å². The molecular formula is C32H31ClF3N3O7. The number of ether oxygens (including phenoxy) is 3. The van der Waals surface area contributed by atoms with Crippen molar-refractivity contribution < 1.29 is 46.9 Å². The highest BCUT2D eigenvalue weighted by Crippen LogP contribution is 2.57. The summed E-state index contributed by atoms with van der Waals surface area (Å²) in [6.07, 6.45) is -3.54. The van der Waals surface area contributed by atoms with Gasteiger partial charge in [0.05, 0.1) is 32.0 Å². The molecule has 1 atom stereocenters. The van der Waals surface area contributed by atoms with E-state index < -0.39 is 30.0 Å². The number of amides is 1. The number of benzene rings is 3. The summed E-state index contributed by atoms with van der Waals surface area (Å²) in [5.74, 6) is -1.14. The molecule has 1 unspecified atom stereocenters. The quantitative estimate of drug-likeness (QED) is 0.125. The van der Waals surface area contributed by atoms with Gasteiger partial charge in [-0.2, -0.15) is 0 Å². The third-order valence-corrected chi connectivity index (χ3v) is 8.11. The number of carbonyl (C=O) groups excluding carboxylic acids is 1. The Morgan fingerprint density at radius 1 is 1.07 bits per heavy atom. The minimum atomic E-state index is -4.90. The van der Waals surface area contributed by atoms with Gasteiger partial charge in [0.2, 0.25) is 0 Å². The minimum absolute atomic E-state index is 0.122. The molecule has 0 bridgehead atoms. The average molecular weight is 662 g/mol. The van der Waals surface area contributed by atoms with E-state index in [1.165, 1.54) is 31.3 Å². The number of nitrogens with one attached hydrogen (secondary N) is 1. The average Bonchev–Trinajstić information content (AvgIpc) is 3.72. The maximum atomic E-state index is 14.6. The summed E-state index contributed by atoms with van der Waals surface area (Å²) >= 11 is 6.24. The molecule has 46 heavy (non-hydrogen) atoms. The number of rotatable bonds is 12. The van der Waals surface area contributed by atoms with Crippen molar-refractivity contribution in [1.29, 1.82) is 0 Å². The summed E-state index contributed by atoms with van der Waals surface area (Å²) in [5.41, 5.74) is 2.65. The highest BCUT2D eigenvalue weighted by Gasteiger charge is 2.54. The fraction of sp³-hybridized carbons (Fsp3) is 0.344. The van der Waals surface area contributed by atoms with E-state index in [-0.39, 0.29) is 25.0 Å². The van der Waals surface area contributed by atoms with Crippen LogP contribution in [0.2, 0.25) is 5.02 Å². The van der Waals surface area contributed by atoms with Gasteiger partial charge in [0.15, 0.2) is 0 Å². The molecule has 1 saturated carbocycles. The Balaban J connectivity index is 1.54. The number of carboxylic acids is 1. The molecule has 1 aliphatic heterocycles. The van der Waals surface area contributed by atoms with Crippen molar-refractivity contribution in [3.8, 4) is 17.2 Å². The molecule has 1 amide bonds. The molecule has 14 heteroatoms. The van der Waals surface area contributed by atoms with Crippen LogP contribution in [0.1, 0.15) is 48.9 Å². The van der Waals surface area contributed by atoms with Crippen LogP contribution in [0.5, 0.6) is 17.2 Å². The number of oxime groups is 1. The highest BCUT2D eigenvalue weighted by molar-refractivity contribution is 6.30. The molecule has 1 heterocycles. The van der Waals surface area contributed by atoms with Crippen molar-refractivity contribution >= 4 is 40.6 Å². The molecule has 1 aliphatic carbocycles. The highest BCUT2D eigenvalue weighted by atomic mass is 35.5. The predicted molar refractivity (Wildman–Crippen MR) is 164 cm³/mol. The lowest BCUT2D eigenvalue weighted by molar-refractivity contribution is -0.274. The van der Waals surface area contributed by atoms with Crippen molar-refractivity contribution in [3.63, 3.8) is 0 Å². The van der Waals surface area contributed by atoms with Crippen LogP contribution < -0.4 is 24.4 Å². The third kappa shape index (κ3) is 7.25. The van der Waals surface area contributed by atoms with Crippen LogP contribution in [0, 0.1) is 0 Å². The summed E-state index contributed by atoms with van der Waals surface area (Å²) < 4.78 is 54.6. The van der Waals surface area contributed by atoms with Crippen LogP contribution in [-0.4, -0.2) is 56.4 Å². The molecule has 1 fully saturated rings. The second-order valence-corrected chi connectivity index (χ2v) is 11.4. The Hall–Kier alpha value is -4.65. The summed E-state index contributed by atoms with van der Waals surface area (Å²) in [7, 11) is 2.91. The zero-order chi connectivity index (χ0) is 33.2. The van der Waals surface area contributed by atoms with E-state index in [1.807, 2.05) is 0 Å². The summed E-state index contributed by atoms with van der Waals surface area (Å²) in [5, 5.41) is 16.5. The molecule has 0 aromatic heterocycles. The topological polar surface area (TPSA) is 119 Å². The van der Waals surface area contributed by atoms with Crippen LogP contribution in [-0.2, 0) is 19.8 Å². The second kappa shape index (κ2) is 13.0. The van der Waals surface area contributed by atoms with E-state index in [1.54, 1.807) is 49.4 Å². The van der Waals surface area contributed by atoms with Gasteiger partial charge >= 0.3 is 12.3 Å². The molecule has 3 aromatic carbocycles. The van der Waals surface area contributed by atoms with E-state index in [0.717, 1.165) is 18.4 Å². The van der Waals surface area contributed by atoms with Crippen LogP contribution in [0.25, 0.3) is 0 Å². The van der Waals surface area contributed by atoms with Gasteiger partial charge in [0.1, 0.15) is 29.9 Å². The minimum Gasteiger partial charge on any atom is -0.497 e. The van der Waals surface area contributed by atoms with Crippen molar-refractivity contribution in [1.82, 2.24) is 0 Å². The number of fused-ring (bicyclic) bond motifs is 2. The summed E-state index contributed by atoms with van der Waals surface area (Å²) in [4.78, 5) is 32.0. The third-order valence-electron chi connectivity index (χ3n) is 7.88. The zero-order valence-corrected chi connectivity index (χ0v) is 25.9. The van der Waals surface area contributed by atoms with E-state index in [0.29, 0.717) is 44.7 Å². The first-order valence-electron chi connectivity index (χ1n) is 14.2. The number of methoxy groups -OCH3 is 2. The molecule has 3 aromatic rings. The van der Waals surface area contributed by atoms with Gasteiger partial charge in [-0.3, -0.25) is 9.59 Å². The Labute approximate surface area is 267 Å². The van der Waals surface area contributed by atoms with Gasteiger partial charge in [0.25, 0.3) is 5.91 Å². The van der Waals surface area contributed by atoms with Gasteiger partial charge < -0.3 is 34.4 Å². The fourth-order valence-electron chi connectivity index (χ4n) is 5.48. The van der Waals surface area contributed by atoms with Gasteiger partial charge in [-0.25, -0.2) is 0 Å². The summed E-state index contributed by atoms with van der Waals surface area (Å²) in [6.45, 7) is 1.83. The van der Waals surface area contributed by atoms with Gasteiger partial charge in [-0.15, -0.1) is 13.2 Å². The molecule has 244 valence electrons. The van der Waals surface area contributed by atoms with E-state index in [4.69, 9.17) is 31.0 Å². The summed E-state index contributed by atoms with van der Waals surface area (Å²) in [6, 6.07) is 12.9. The first-order valence-corrected chi connectivity index (χ1v) is 14.6. The van der Waals surface area contributed by atoms with Gasteiger partial charge in [-0.05, 0) is 55.7 Å². The normalized spacial score (nSPS) is 15.6. The molecular weight excluding hydrogens is 631 g/mol. The zero-order valence-electron chi connectivity index (χ0n) is 25.1. The van der Waals surface area contributed by atoms with Crippen molar-refractivity contribution in [3.05, 3.63) is 76.3 Å². The SMILES string of the molecule is COc1cc(NC(C(=O)N2CC3(CC3)c3ccc(OC(F)(F)F)cc32)c2ccc(Cl)cc2OC)cc(C(C)=NOCCC(=O)O)c1. The smallest absolute Gasteiger partial charge is 0.497 e. The molecule has 2 aliphatic rings. The number of carbonyl (C=O) groups is 2. The standard InChI is InChI=1S/C32H31ClF3N3O7/c1-18(38-45-11-8-28(40)41)19-12-21(15-23(13-19)43-2)37-29(24-6-4-20(33)14-27(24)44-3)30(42)39-17-31(9-10-31)25-7-5-22(16-26(25)39)46-32(34,35)36/h4-7,12-16,29,37H,8-11,17H2,1-3H3,(H,40,41). The second-order valence-electron chi connectivity index (χ2n) is 11.0. The Morgan fingerprint density at radius 3 is 2.48 bits per heavy atom. The first kappa shape index (κ1) is 32.7. The van der Waals surface area contributed by atoms with E-state index in [2.05, 4.69) is 15.2 Å². The van der Waals surface area contributed by atoms with Crippen LogP contribution >= 0.6 is 11.6 Å². The van der Waals surface area contributed by atoms with Gasteiger partial charge in [-0.1, -0.05) is 28.9 Å². The maximum Gasteiger partial charge on any atom is 0.573 e. The number of hydrogen-bond acceptors (Lipinski definition) is 8. The number of halogens is 4. The maximum absolute atomic E-state index is 14.6.